The van der Waals surface area contributed by atoms with Gasteiger partial charge in [-0.1, -0.05) is 20.4 Å². The zero-order valence-corrected chi connectivity index (χ0v) is 8.18. The molecule has 0 atom stereocenters. The number of carbonyl (C=O) groups excluding carboxylic acids is 1. The molecule has 4 heteroatoms. The zero-order chi connectivity index (χ0) is 10.4. The van der Waals surface area contributed by atoms with Crippen molar-refractivity contribution >= 4 is 5.78 Å². The summed E-state index contributed by atoms with van der Waals surface area (Å²) < 4.78 is 0. The average molecular weight is 183 g/mol. The second kappa shape index (κ2) is 5.37. The van der Waals surface area contributed by atoms with Crippen molar-refractivity contribution in [1.29, 1.82) is 0 Å². The Morgan fingerprint density at radius 2 is 1.92 bits per heavy atom. The van der Waals surface area contributed by atoms with E-state index < -0.39 is 0 Å². The Balaban J connectivity index is 0.000000671. The first-order chi connectivity index (χ1) is 6.16. The molecule has 0 bridgehead atoms. The summed E-state index contributed by atoms with van der Waals surface area (Å²) in [4.78, 5) is 11.0. The Labute approximate surface area is 78.6 Å². The van der Waals surface area contributed by atoms with E-state index in [1.165, 1.54) is 0 Å². The van der Waals surface area contributed by atoms with E-state index in [0.29, 0.717) is 18.5 Å². The lowest BCUT2D eigenvalue weighted by Gasteiger charge is -2.17. The second-order valence-corrected chi connectivity index (χ2v) is 2.46. The molecule has 0 heterocycles. The van der Waals surface area contributed by atoms with Crippen LogP contribution in [0.15, 0.2) is 23.5 Å². The van der Waals surface area contributed by atoms with Crippen LogP contribution in [-0.2, 0) is 4.79 Å². The van der Waals surface area contributed by atoms with Crippen LogP contribution in [0, 0.1) is 0 Å². The number of carbonyl (C=O) groups is 1. The van der Waals surface area contributed by atoms with Gasteiger partial charge in [0.2, 0.25) is 0 Å². The van der Waals surface area contributed by atoms with Crippen LogP contribution in [-0.4, -0.2) is 5.78 Å². The Morgan fingerprint density at radius 1 is 1.38 bits per heavy atom. The third kappa shape index (κ3) is 2.59. The third-order valence-electron chi connectivity index (χ3n) is 1.72. The molecule has 1 aliphatic rings. The highest BCUT2D eigenvalue weighted by molar-refractivity contribution is 5.97. The fourth-order valence-corrected chi connectivity index (χ4v) is 1.03. The highest BCUT2D eigenvalue weighted by Crippen LogP contribution is 2.20. The first-order valence-corrected chi connectivity index (χ1v) is 4.34. The average Bonchev–Trinajstić information content (AvgIpc) is 2.16. The number of Topliss-reactive ketones (excluding diaryl/α,β-unsaturated/α-hetero) is 1. The zero-order valence-electron chi connectivity index (χ0n) is 8.18. The Morgan fingerprint density at radius 3 is 2.31 bits per heavy atom. The lowest BCUT2D eigenvalue weighted by molar-refractivity contribution is -0.115. The molecule has 0 aliphatic heterocycles. The first kappa shape index (κ1) is 11.7. The Kier molecular flexibility index (Phi) is 4.84. The van der Waals surface area contributed by atoms with Crippen LogP contribution in [0.3, 0.4) is 0 Å². The molecular weight excluding hydrogens is 166 g/mol. The van der Waals surface area contributed by atoms with Gasteiger partial charge in [0, 0.05) is 6.42 Å². The van der Waals surface area contributed by atoms with Crippen molar-refractivity contribution in [2.24, 2.45) is 11.6 Å². The van der Waals surface area contributed by atoms with E-state index in [2.05, 4.69) is 12.0 Å². The second-order valence-electron chi connectivity index (χ2n) is 2.46. The topological polar surface area (TPSA) is 81.1 Å². The van der Waals surface area contributed by atoms with E-state index in [9.17, 15) is 4.79 Å². The SMILES string of the molecule is C=C1CCC(=O)C(N)=C1NN.CC. The largest absolute Gasteiger partial charge is 0.394 e. The van der Waals surface area contributed by atoms with Gasteiger partial charge >= 0.3 is 0 Å². The summed E-state index contributed by atoms with van der Waals surface area (Å²) in [7, 11) is 0. The van der Waals surface area contributed by atoms with Gasteiger partial charge in [-0.05, 0) is 12.0 Å². The number of allylic oxidation sites excluding steroid dienone is 2. The number of nitrogens with one attached hydrogen (secondary N) is 1. The van der Waals surface area contributed by atoms with Crippen molar-refractivity contribution in [2.75, 3.05) is 0 Å². The molecule has 0 fully saturated rings. The van der Waals surface area contributed by atoms with Crippen molar-refractivity contribution in [2.45, 2.75) is 26.7 Å². The molecule has 0 saturated heterocycles. The number of nitrogens with two attached hydrogens (primary N) is 2. The summed E-state index contributed by atoms with van der Waals surface area (Å²) in [6, 6.07) is 0. The van der Waals surface area contributed by atoms with E-state index in [1.807, 2.05) is 13.8 Å². The molecule has 0 unspecified atom stereocenters. The Hall–Kier alpha value is -1.29. The predicted molar refractivity (Wildman–Crippen MR) is 53.3 cm³/mol. The maximum Gasteiger partial charge on any atom is 0.180 e. The van der Waals surface area contributed by atoms with Crippen LogP contribution in [0.1, 0.15) is 26.7 Å². The van der Waals surface area contributed by atoms with Crippen molar-refractivity contribution in [3.8, 4) is 0 Å². The predicted octanol–water partition coefficient (Wildman–Crippen LogP) is 0.565. The summed E-state index contributed by atoms with van der Waals surface area (Å²) in [5.41, 5.74) is 9.30. The first-order valence-electron chi connectivity index (χ1n) is 4.34. The van der Waals surface area contributed by atoms with Gasteiger partial charge in [-0.3, -0.25) is 10.6 Å². The molecule has 74 valence electrons. The van der Waals surface area contributed by atoms with Gasteiger partial charge in [-0.2, -0.15) is 0 Å². The standard InChI is InChI=1S/C7H11N3O.C2H6/c1-4-2-3-5(11)6(8)7(4)10-9;1-2/h10H,1-3,8-9H2;1-2H3. The molecule has 0 saturated carbocycles. The minimum atomic E-state index is -0.0645. The van der Waals surface area contributed by atoms with Crippen LogP contribution < -0.4 is 17.0 Å². The third-order valence-corrected chi connectivity index (χ3v) is 1.72. The van der Waals surface area contributed by atoms with Gasteiger partial charge in [-0.25, -0.2) is 0 Å². The minimum Gasteiger partial charge on any atom is -0.394 e. The van der Waals surface area contributed by atoms with Crippen molar-refractivity contribution in [3.05, 3.63) is 23.5 Å². The smallest absolute Gasteiger partial charge is 0.180 e. The molecule has 4 nitrogen and oxygen atoms in total. The van der Waals surface area contributed by atoms with E-state index in [4.69, 9.17) is 11.6 Å². The highest BCUT2D eigenvalue weighted by Gasteiger charge is 2.19. The lowest BCUT2D eigenvalue weighted by Crippen LogP contribution is -2.31. The van der Waals surface area contributed by atoms with Crippen molar-refractivity contribution < 1.29 is 4.79 Å². The van der Waals surface area contributed by atoms with E-state index >= 15 is 0 Å². The number of hydrazine groups is 1. The van der Waals surface area contributed by atoms with Crippen LogP contribution >= 0.6 is 0 Å². The molecule has 5 N–H and O–H groups in total. The van der Waals surface area contributed by atoms with E-state index in [1.54, 1.807) is 0 Å². The molecular formula is C9H17N3O. The van der Waals surface area contributed by atoms with Crippen LogP contribution in [0.2, 0.25) is 0 Å². The van der Waals surface area contributed by atoms with Crippen LogP contribution in [0.25, 0.3) is 0 Å². The summed E-state index contributed by atoms with van der Waals surface area (Å²) in [6.45, 7) is 7.72. The maximum absolute atomic E-state index is 11.0. The van der Waals surface area contributed by atoms with Gasteiger partial charge in [-0.15, -0.1) is 0 Å². The summed E-state index contributed by atoms with van der Waals surface area (Å²) >= 11 is 0. The molecule has 13 heavy (non-hydrogen) atoms. The summed E-state index contributed by atoms with van der Waals surface area (Å²) in [5, 5.41) is 0. The van der Waals surface area contributed by atoms with Crippen LogP contribution in [0.4, 0.5) is 0 Å². The molecule has 0 aromatic carbocycles. The normalized spacial score (nSPS) is 16.5. The highest BCUT2D eigenvalue weighted by atomic mass is 16.1. The Bertz CT molecular complexity index is 243. The van der Waals surface area contributed by atoms with Crippen molar-refractivity contribution in [3.63, 3.8) is 0 Å². The van der Waals surface area contributed by atoms with E-state index in [-0.39, 0.29) is 11.5 Å². The van der Waals surface area contributed by atoms with Gasteiger partial charge in [0.1, 0.15) is 5.70 Å². The fraction of sp³-hybridized carbons (Fsp3) is 0.444. The lowest BCUT2D eigenvalue weighted by atomic mass is 9.97. The quantitative estimate of drug-likeness (QED) is 0.410. The molecule has 0 spiro atoms. The van der Waals surface area contributed by atoms with Gasteiger partial charge < -0.3 is 11.2 Å². The number of ketones is 1. The van der Waals surface area contributed by atoms with Crippen LogP contribution in [0.5, 0.6) is 0 Å². The van der Waals surface area contributed by atoms with Gasteiger partial charge in [0.15, 0.2) is 5.78 Å². The molecule has 0 amide bonds. The maximum atomic E-state index is 11.0. The monoisotopic (exact) mass is 183 g/mol. The molecule has 1 aliphatic carbocycles. The molecule has 0 aromatic rings. The van der Waals surface area contributed by atoms with Crippen molar-refractivity contribution in [1.82, 2.24) is 5.43 Å². The van der Waals surface area contributed by atoms with Gasteiger partial charge in [0.25, 0.3) is 0 Å². The number of hydrogen-bond acceptors (Lipinski definition) is 4. The fourth-order valence-electron chi connectivity index (χ4n) is 1.03. The summed E-state index contributed by atoms with van der Waals surface area (Å²) in [6.07, 6.45) is 1.08. The van der Waals surface area contributed by atoms with E-state index in [0.717, 1.165) is 5.57 Å². The number of rotatable bonds is 1. The number of hydrogen-bond donors (Lipinski definition) is 3. The van der Waals surface area contributed by atoms with Gasteiger partial charge in [0.05, 0.1) is 5.70 Å². The minimum absolute atomic E-state index is 0.0645. The summed E-state index contributed by atoms with van der Waals surface area (Å²) in [5.74, 6) is 5.08. The molecule has 0 radical (unpaired) electrons. The molecule has 0 aromatic heterocycles. The molecule has 1 rings (SSSR count).